The smallest absolute Gasteiger partial charge is 0.354 e. The average Bonchev–Trinajstić information content (AvgIpc) is 3.12. The van der Waals surface area contributed by atoms with Gasteiger partial charge in [0, 0.05) is 25.6 Å². The monoisotopic (exact) mass is 406 g/mol. The molecule has 3 aromatic rings. The number of benzene rings is 1. The number of nitrogens with zero attached hydrogens (tertiary/aromatic N) is 4. The first kappa shape index (κ1) is 19.1. The standard InChI is InChI=1S/C23H26N4O3/c28-14-15-9-11-26(12-10-15)19-13-18(23(29)30)24-22-20(19)21(16-5-4-6-16)25-27(22)17-7-2-1-3-8-17/h1-3,7-8,13,15-16,28H,4-6,9-12,14H2,(H,29,30). The molecular weight excluding hydrogens is 380 g/mol. The van der Waals surface area contributed by atoms with Gasteiger partial charge in [-0.1, -0.05) is 24.6 Å². The highest BCUT2D eigenvalue weighted by Gasteiger charge is 2.31. The fraction of sp³-hybridized carbons (Fsp3) is 0.435. The number of piperidine rings is 1. The number of hydrogen-bond donors (Lipinski definition) is 2. The van der Waals surface area contributed by atoms with Crippen molar-refractivity contribution in [2.75, 3.05) is 24.6 Å². The highest BCUT2D eigenvalue weighted by atomic mass is 16.4. The molecule has 156 valence electrons. The normalized spacial score (nSPS) is 18.0. The Bertz CT molecular complexity index is 1070. The number of rotatable bonds is 5. The maximum Gasteiger partial charge on any atom is 0.354 e. The molecule has 0 spiro atoms. The highest BCUT2D eigenvalue weighted by Crippen LogP contribution is 2.43. The van der Waals surface area contributed by atoms with E-state index in [1.54, 1.807) is 10.7 Å². The Morgan fingerprint density at radius 1 is 1.10 bits per heavy atom. The molecule has 7 nitrogen and oxygen atoms in total. The molecular formula is C23H26N4O3. The number of carboxylic acid groups (broad SMARTS) is 1. The third-order valence-corrected chi connectivity index (χ3v) is 6.57. The van der Waals surface area contributed by atoms with Crippen LogP contribution in [0.1, 0.15) is 54.2 Å². The van der Waals surface area contributed by atoms with E-state index in [1.807, 2.05) is 30.3 Å². The minimum absolute atomic E-state index is 0.0408. The molecule has 0 unspecified atom stereocenters. The van der Waals surface area contributed by atoms with Gasteiger partial charge in [0.05, 0.1) is 22.5 Å². The van der Waals surface area contributed by atoms with E-state index in [1.165, 1.54) is 6.42 Å². The number of hydrogen-bond acceptors (Lipinski definition) is 5. The molecule has 2 aromatic heterocycles. The first-order valence-corrected chi connectivity index (χ1v) is 10.7. The summed E-state index contributed by atoms with van der Waals surface area (Å²) in [6, 6.07) is 11.5. The van der Waals surface area contributed by atoms with Gasteiger partial charge < -0.3 is 15.1 Å². The maximum absolute atomic E-state index is 11.9. The Morgan fingerprint density at radius 3 is 2.43 bits per heavy atom. The van der Waals surface area contributed by atoms with Crippen molar-refractivity contribution < 1.29 is 15.0 Å². The van der Waals surface area contributed by atoms with Crippen LogP contribution < -0.4 is 4.90 Å². The molecule has 3 heterocycles. The van der Waals surface area contributed by atoms with Crippen LogP contribution >= 0.6 is 0 Å². The van der Waals surface area contributed by atoms with Crippen molar-refractivity contribution in [3.63, 3.8) is 0 Å². The van der Waals surface area contributed by atoms with Gasteiger partial charge in [0.25, 0.3) is 0 Å². The molecule has 7 heteroatoms. The van der Waals surface area contributed by atoms with Crippen molar-refractivity contribution >= 4 is 22.7 Å². The lowest BCUT2D eigenvalue weighted by atomic mass is 9.82. The van der Waals surface area contributed by atoms with E-state index in [0.717, 1.165) is 61.2 Å². The van der Waals surface area contributed by atoms with Crippen molar-refractivity contribution in [3.8, 4) is 5.69 Å². The summed E-state index contributed by atoms with van der Waals surface area (Å²) in [5, 5.41) is 25.2. The Morgan fingerprint density at radius 2 is 1.83 bits per heavy atom. The van der Waals surface area contributed by atoms with Gasteiger partial charge in [-0.2, -0.15) is 5.10 Å². The van der Waals surface area contributed by atoms with Crippen LogP contribution in [0.15, 0.2) is 36.4 Å². The Balaban J connectivity index is 1.72. The van der Waals surface area contributed by atoms with Gasteiger partial charge in [-0.3, -0.25) is 0 Å². The van der Waals surface area contributed by atoms with Crippen molar-refractivity contribution in [2.45, 2.75) is 38.0 Å². The summed E-state index contributed by atoms with van der Waals surface area (Å²) in [6.07, 6.45) is 5.20. The second-order valence-corrected chi connectivity index (χ2v) is 8.40. The van der Waals surface area contributed by atoms with Crippen LogP contribution in [0.4, 0.5) is 5.69 Å². The Hall–Kier alpha value is -2.93. The molecule has 2 fully saturated rings. The zero-order valence-corrected chi connectivity index (χ0v) is 16.9. The minimum atomic E-state index is -1.03. The molecule has 5 rings (SSSR count). The summed E-state index contributed by atoms with van der Waals surface area (Å²) < 4.78 is 1.80. The van der Waals surface area contributed by atoms with Gasteiger partial charge in [0.2, 0.25) is 0 Å². The molecule has 1 saturated carbocycles. The largest absolute Gasteiger partial charge is 0.477 e. The first-order chi connectivity index (χ1) is 14.7. The van der Waals surface area contributed by atoms with Crippen LogP contribution in [-0.4, -0.2) is 50.6 Å². The molecule has 0 radical (unpaired) electrons. The summed E-state index contributed by atoms with van der Waals surface area (Å²) in [5.41, 5.74) is 3.48. The van der Waals surface area contributed by atoms with Crippen molar-refractivity contribution in [2.24, 2.45) is 5.92 Å². The third kappa shape index (κ3) is 3.23. The lowest BCUT2D eigenvalue weighted by Crippen LogP contribution is -2.35. The van der Waals surface area contributed by atoms with Gasteiger partial charge in [0.1, 0.15) is 0 Å². The van der Waals surface area contributed by atoms with E-state index in [0.29, 0.717) is 17.5 Å². The number of carbonyl (C=O) groups is 1. The van der Waals surface area contributed by atoms with E-state index in [4.69, 9.17) is 5.10 Å². The molecule has 0 atom stereocenters. The quantitative estimate of drug-likeness (QED) is 0.673. The maximum atomic E-state index is 11.9. The fourth-order valence-corrected chi connectivity index (χ4v) is 4.55. The summed E-state index contributed by atoms with van der Waals surface area (Å²) in [7, 11) is 0. The number of aliphatic hydroxyl groups is 1. The SMILES string of the molecule is O=C(O)c1cc(N2CCC(CO)CC2)c2c(C3CCC3)nn(-c3ccccc3)c2n1. The highest BCUT2D eigenvalue weighted by molar-refractivity contribution is 5.98. The van der Waals surface area contributed by atoms with E-state index >= 15 is 0 Å². The van der Waals surface area contributed by atoms with E-state index in [9.17, 15) is 15.0 Å². The van der Waals surface area contributed by atoms with Crippen molar-refractivity contribution in [1.82, 2.24) is 14.8 Å². The molecule has 30 heavy (non-hydrogen) atoms. The number of pyridine rings is 1. The predicted molar refractivity (Wildman–Crippen MR) is 114 cm³/mol. The minimum Gasteiger partial charge on any atom is -0.477 e. The lowest BCUT2D eigenvalue weighted by molar-refractivity contribution is 0.0691. The number of fused-ring (bicyclic) bond motifs is 1. The summed E-state index contributed by atoms with van der Waals surface area (Å²) in [5.74, 6) is -0.325. The van der Waals surface area contributed by atoms with Gasteiger partial charge in [-0.15, -0.1) is 0 Å². The molecule has 1 aliphatic carbocycles. The van der Waals surface area contributed by atoms with E-state index < -0.39 is 5.97 Å². The molecule has 0 amide bonds. The number of aromatic nitrogens is 3. The van der Waals surface area contributed by atoms with Crippen LogP contribution in [0.2, 0.25) is 0 Å². The fourth-order valence-electron chi connectivity index (χ4n) is 4.55. The van der Waals surface area contributed by atoms with Gasteiger partial charge >= 0.3 is 5.97 Å². The number of para-hydroxylation sites is 1. The lowest BCUT2D eigenvalue weighted by Gasteiger charge is -2.34. The summed E-state index contributed by atoms with van der Waals surface area (Å²) >= 11 is 0. The molecule has 0 bridgehead atoms. The number of aliphatic hydroxyl groups excluding tert-OH is 1. The van der Waals surface area contributed by atoms with Gasteiger partial charge in [-0.25, -0.2) is 14.5 Å². The molecule has 1 aromatic carbocycles. The summed E-state index contributed by atoms with van der Waals surface area (Å²) in [4.78, 5) is 18.7. The molecule has 2 aliphatic rings. The van der Waals surface area contributed by atoms with Gasteiger partial charge in [-0.05, 0) is 49.8 Å². The van der Waals surface area contributed by atoms with Crippen LogP contribution in [0.25, 0.3) is 16.7 Å². The Kier molecular flexibility index (Phi) is 4.90. The van der Waals surface area contributed by atoms with Gasteiger partial charge in [0.15, 0.2) is 11.3 Å². The zero-order valence-electron chi connectivity index (χ0n) is 16.9. The predicted octanol–water partition coefficient (Wildman–Crippen LogP) is 3.59. The Labute approximate surface area is 175 Å². The molecule has 1 aliphatic heterocycles. The second-order valence-electron chi connectivity index (χ2n) is 8.40. The molecule has 2 N–H and O–H groups in total. The third-order valence-electron chi connectivity index (χ3n) is 6.57. The first-order valence-electron chi connectivity index (χ1n) is 10.7. The summed E-state index contributed by atoms with van der Waals surface area (Å²) in [6.45, 7) is 1.80. The van der Waals surface area contributed by atoms with Crippen molar-refractivity contribution in [1.29, 1.82) is 0 Å². The van der Waals surface area contributed by atoms with Crippen molar-refractivity contribution in [3.05, 3.63) is 47.8 Å². The van der Waals surface area contributed by atoms with Crippen LogP contribution in [0, 0.1) is 5.92 Å². The van der Waals surface area contributed by atoms with E-state index in [2.05, 4.69) is 9.88 Å². The zero-order chi connectivity index (χ0) is 20.7. The number of anilines is 1. The topological polar surface area (TPSA) is 91.5 Å². The van der Waals surface area contributed by atoms with Crippen LogP contribution in [0.5, 0.6) is 0 Å². The second kappa shape index (κ2) is 7.72. The number of carboxylic acids is 1. The van der Waals surface area contributed by atoms with Crippen LogP contribution in [-0.2, 0) is 0 Å². The van der Waals surface area contributed by atoms with E-state index in [-0.39, 0.29) is 12.3 Å². The van der Waals surface area contributed by atoms with Crippen LogP contribution in [0.3, 0.4) is 0 Å². The number of aromatic carboxylic acids is 1. The molecule has 1 saturated heterocycles. The average molecular weight is 406 g/mol.